The van der Waals surface area contributed by atoms with Gasteiger partial charge in [0.25, 0.3) is 11.8 Å². The maximum Gasteiger partial charge on any atom is 0.314 e. The topological polar surface area (TPSA) is 99.0 Å². The van der Waals surface area contributed by atoms with Crippen LogP contribution in [0.3, 0.4) is 0 Å². The zero-order valence-electron chi connectivity index (χ0n) is 12.6. The molecule has 8 nitrogen and oxygen atoms in total. The van der Waals surface area contributed by atoms with Crippen molar-refractivity contribution >= 4 is 17.5 Å². The number of rotatable bonds is 5. The highest BCUT2D eigenvalue weighted by Crippen LogP contribution is 2.31. The molecule has 1 aliphatic heterocycles. The monoisotopic (exact) mass is 328 g/mol. The van der Waals surface area contributed by atoms with Crippen molar-refractivity contribution in [2.75, 3.05) is 13.8 Å². The van der Waals surface area contributed by atoms with Gasteiger partial charge < -0.3 is 9.47 Å². The van der Waals surface area contributed by atoms with Gasteiger partial charge in [-0.25, -0.2) is 4.90 Å². The molecular weight excluding hydrogens is 316 g/mol. The number of fused-ring (bicyclic) bond motifs is 1. The molecule has 0 spiro atoms. The van der Waals surface area contributed by atoms with Crippen molar-refractivity contribution in [1.82, 2.24) is 4.90 Å². The van der Waals surface area contributed by atoms with Crippen LogP contribution in [0.2, 0.25) is 0 Å². The maximum absolute atomic E-state index is 12.2. The molecule has 24 heavy (non-hydrogen) atoms. The number of nitro groups is 1. The predicted octanol–water partition coefficient (Wildman–Crippen LogP) is 2.24. The Labute approximate surface area is 136 Å². The van der Waals surface area contributed by atoms with Crippen molar-refractivity contribution in [2.24, 2.45) is 0 Å². The summed E-state index contributed by atoms with van der Waals surface area (Å²) in [5, 5.41) is 11.1. The first-order chi connectivity index (χ1) is 11.5. The smallest absolute Gasteiger partial charge is 0.314 e. The Morgan fingerprint density at radius 3 is 2.25 bits per heavy atom. The third-order valence-corrected chi connectivity index (χ3v) is 3.59. The van der Waals surface area contributed by atoms with E-state index in [-0.39, 0.29) is 22.6 Å². The zero-order valence-corrected chi connectivity index (χ0v) is 12.6. The van der Waals surface area contributed by atoms with Gasteiger partial charge in [0.2, 0.25) is 0 Å². The zero-order chi connectivity index (χ0) is 17.3. The fraction of sp³-hybridized carbons (Fsp3) is 0.125. The SMILES string of the molecule is COc1ccc(OCN2C(=O)c3ccccc3C2=O)c([N+](=O)[O-])c1. The van der Waals surface area contributed by atoms with E-state index < -0.39 is 23.5 Å². The van der Waals surface area contributed by atoms with Gasteiger partial charge in [0.05, 0.1) is 29.2 Å². The highest BCUT2D eigenvalue weighted by molar-refractivity contribution is 6.21. The van der Waals surface area contributed by atoms with Gasteiger partial charge in [-0.2, -0.15) is 0 Å². The number of nitrogens with zero attached hydrogens (tertiary/aromatic N) is 2. The summed E-state index contributed by atoms with van der Waals surface area (Å²) in [4.78, 5) is 35.8. The van der Waals surface area contributed by atoms with E-state index in [0.717, 1.165) is 4.90 Å². The molecule has 0 saturated heterocycles. The average Bonchev–Trinajstić information content (AvgIpc) is 2.84. The van der Waals surface area contributed by atoms with E-state index in [0.29, 0.717) is 5.75 Å². The first-order valence-electron chi connectivity index (χ1n) is 6.93. The molecule has 0 bridgehead atoms. The van der Waals surface area contributed by atoms with Crippen molar-refractivity contribution in [1.29, 1.82) is 0 Å². The second-order valence-corrected chi connectivity index (χ2v) is 4.95. The summed E-state index contributed by atoms with van der Waals surface area (Å²) in [5.41, 5.74) is 0.261. The second-order valence-electron chi connectivity index (χ2n) is 4.95. The number of hydrogen-bond acceptors (Lipinski definition) is 6. The Balaban J connectivity index is 1.81. The first kappa shape index (κ1) is 15.5. The van der Waals surface area contributed by atoms with Crippen molar-refractivity contribution in [3.05, 3.63) is 63.7 Å². The van der Waals surface area contributed by atoms with Gasteiger partial charge in [-0.3, -0.25) is 19.7 Å². The minimum atomic E-state index is -0.625. The highest BCUT2D eigenvalue weighted by atomic mass is 16.6. The molecule has 0 saturated carbocycles. The molecule has 0 fully saturated rings. The number of hydrogen-bond donors (Lipinski definition) is 0. The molecule has 0 unspecified atom stereocenters. The normalized spacial score (nSPS) is 13.0. The van der Waals surface area contributed by atoms with Crippen LogP contribution < -0.4 is 9.47 Å². The quantitative estimate of drug-likeness (QED) is 0.474. The van der Waals surface area contributed by atoms with E-state index in [9.17, 15) is 19.7 Å². The average molecular weight is 328 g/mol. The van der Waals surface area contributed by atoms with E-state index >= 15 is 0 Å². The number of carbonyl (C=O) groups is 2. The lowest BCUT2D eigenvalue weighted by Crippen LogP contribution is -2.33. The van der Waals surface area contributed by atoms with Crippen LogP contribution in [0.4, 0.5) is 5.69 Å². The summed E-state index contributed by atoms with van der Waals surface area (Å²) in [5.74, 6) is -0.745. The third-order valence-electron chi connectivity index (χ3n) is 3.59. The van der Waals surface area contributed by atoms with Gasteiger partial charge in [-0.05, 0) is 24.3 Å². The van der Waals surface area contributed by atoms with Crippen LogP contribution in [0.5, 0.6) is 11.5 Å². The summed E-state index contributed by atoms with van der Waals surface area (Å²) < 4.78 is 10.3. The Hall–Kier alpha value is -3.42. The first-order valence-corrected chi connectivity index (χ1v) is 6.93. The minimum absolute atomic E-state index is 0.0580. The molecule has 2 aromatic carbocycles. The Bertz CT molecular complexity index is 813. The molecule has 1 heterocycles. The number of methoxy groups -OCH3 is 1. The fourth-order valence-corrected chi connectivity index (χ4v) is 2.38. The maximum atomic E-state index is 12.2. The third kappa shape index (κ3) is 2.54. The molecule has 2 amide bonds. The number of carbonyl (C=O) groups excluding carboxylic acids is 2. The highest BCUT2D eigenvalue weighted by Gasteiger charge is 2.35. The molecule has 8 heteroatoms. The Kier molecular flexibility index (Phi) is 3.87. The van der Waals surface area contributed by atoms with E-state index in [1.807, 2.05) is 0 Å². The molecular formula is C16H12N2O6. The number of amides is 2. The van der Waals surface area contributed by atoms with Crippen LogP contribution in [0, 0.1) is 10.1 Å². The minimum Gasteiger partial charge on any atom is -0.496 e. The molecule has 2 aromatic rings. The standard InChI is InChI=1S/C16H12N2O6/c1-23-10-6-7-14(13(8-10)18(21)22)24-9-17-15(19)11-4-2-3-5-12(11)16(17)20/h2-8H,9H2,1H3. The van der Waals surface area contributed by atoms with Crippen molar-refractivity contribution in [2.45, 2.75) is 0 Å². The molecule has 3 rings (SSSR count). The molecule has 0 N–H and O–H groups in total. The van der Waals surface area contributed by atoms with E-state index in [1.165, 1.54) is 25.3 Å². The molecule has 0 aliphatic carbocycles. The fourth-order valence-electron chi connectivity index (χ4n) is 2.38. The summed E-state index contributed by atoms with van der Waals surface area (Å²) in [7, 11) is 1.39. The van der Waals surface area contributed by atoms with Crippen LogP contribution in [0.15, 0.2) is 42.5 Å². The molecule has 0 aromatic heterocycles. The predicted molar refractivity (Wildman–Crippen MR) is 82.1 cm³/mol. The van der Waals surface area contributed by atoms with Crippen LogP contribution in [-0.2, 0) is 0 Å². The van der Waals surface area contributed by atoms with E-state index in [2.05, 4.69) is 0 Å². The molecule has 1 aliphatic rings. The van der Waals surface area contributed by atoms with Gasteiger partial charge in [0.15, 0.2) is 12.5 Å². The molecule has 0 radical (unpaired) electrons. The Morgan fingerprint density at radius 1 is 1.08 bits per heavy atom. The second kappa shape index (κ2) is 5.99. The lowest BCUT2D eigenvalue weighted by atomic mass is 10.1. The lowest BCUT2D eigenvalue weighted by molar-refractivity contribution is -0.386. The van der Waals surface area contributed by atoms with E-state index in [4.69, 9.17) is 9.47 Å². The van der Waals surface area contributed by atoms with Crippen molar-refractivity contribution in [3.8, 4) is 11.5 Å². The van der Waals surface area contributed by atoms with Crippen LogP contribution in [-0.4, -0.2) is 35.5 Å². The summed E-state index contributed by atoms with van der Waals surface area (Å²) in [6.07, 6.45) is 0. The van der Waals surface area contributed by atoms with Gasteiger partial charge >= 0.3 is 5.69 Å². The van der Waals surface area contributed by atoms with Gasteiger partial charge in [-0.15, -0.1) is 0 Å². The summed E-state index contributed by atoms with van der Waals surface area (Å²) in [6.45, 7) is -0.417. The van der Waals surface area contributed by atoms with Crippen LogP contribution in [0.25, 0.3) is 0 Å². The Morgan fingerprint density at radius 2 is 1.71 bits per heavy atom. The number of imide groups is 1. The van der Waals surface area contributed by atoms with Gasteiger partial charge in [0.1, 0.15) is 5.75 Å². The molecule has 0 atom stereocenters. The number of benzene rings is 2. The summed E-state index contributed by atoms with van der Waals surface area (Å²) in [6, 6.07) is 10.5. The van der Waals surface area contributed by atoms with Gasteiger partial charge in [-0.1, -0.05) is 12.1 Å². The molecule has 122 valence electrons. The van der Waals surface area contributed by atoms with Crippen LogP contribution in [0.1, 0.15) is 20.7 Å². The lowest BCUT2D eigenvalue weighted by Gasteiger charge is -2.15. The van der Waals surface area contributed by atoms with E-state index in [1.54, 1.807) is 24.3 Å². The number of nitro benzene ring substituents is 1. The summed E-state index contributed by atoms with van der Waals surface area (Å²) >= 11 is 0. The van der Waals surface area contributed by atoms with Crippen molar-refractivity contribution < 1.29 is 24.0 Å². The van der Waals surface area contributed by atoms with Crippen LogP contribution >= 0.6 is 0 Å². The van der Waals surface area contributed by atoms with Gasteiger partial charge in [0, 0.05) is 0 Å². The largest absolute Gasteiger partial charge is 0.496 e. The number of ether oxygens (including phenoxy) is 2. The van der Waals surface area contributed by atoms with Crippen molar-refractivity contribution in [3.63, 3.8) is 0 Å².